The summed E-state index contributed by atoms with van der Waals surface area (Å²) in [6.45, 7) is 4.04. The second kappa shape index (κ2) is 7.31. The average molecular weight is 356 g/mol. The standard InChI is InChI=1S/C18H16N2O4S/c1-3-23-18(22)12-5-7-13(8-6-12)20-17(21)15-16(24-10-19-15)14-9-4-11(2)25-14/h4-10H,3H2,1-2H3,(H,20,21). The van der Waals surface area contributed by atoms with Crippen LogP contribution in [-0.4, -0.2) is 23.5 Å². The molecule has 0 unspecified atom stereocenters. The Balaban J connectivity index is 1.75. The van der Waals surface area contributed by atoms with Crippen LogP contribution in [0.4, 0.5) is 5.69 Å². The zero-order valence-corrected chi connectivity index (χ0v) is 14.6. The minimum absolute atomic E-state index is 0.219. The van der Waals surface area contributed by atoms with E-state index in [0.29, 0.717) is 23.6 Å². The molecule has 2 heterocycles. The van der Waals surface area contributed by atoms with E-state index in [9.17, 15) is 9.59 Å². The Morgan fingerprint density at radius 2 is 1.96 bits per heavy atom. The van der Waals surface area contributed by atoms with Crippen LogP contribution in [0.2, 0.25) is 0 Å². The molecule has 7 heteroatoms. The lowest BCUT2D eigenvalue weighted by molar-refractivity contribution is 0.0526. The topological polar surface area (TPSA) is 81.4 Å². The number of anilines is 1. The Morgan fingerprint density at radius 1 is 1.20 bits per heavy atom. The predicted octanol–water partition coefficient (Wildman–Crippen LogP) is 4.14. The minimum Gasteiger partial charge on any atom is -0.462 e. The zero-order valence-electron chi connectivity index (χ0n) is 13.7. The van der Waals surface area contributed by atoms with Crippen LogP contribution in [0.25, 0.3) is 10.6 Å². The lowest BCUT2D eigenvalue weighted by atomic mass is 10.2. The number of rotatable bonds is 5. The van der Waals surface area contributed by atoms with Gasteiger partial charge in [-0.05, 0) is 50.2 Å². The van der Waals surface area contributed by atoms with Gasteiger partial charge in [-0.3, -0.25) is 4.79 Å². The van der Waals surface area contributed by atoms with Crippen molar-refractivity contribution >= 4 is 28.9 Å². The number of oxazole rings is 1. The number of hydrogen-bond acceptors (Lipinski definition) is 6. The van der Waals surface area contributed by atoms with Crippen LogP contribution in [0, 0.1) is 6.92 Å². The highest BCUT2D eigenvalue weighted by Gasteiger charge is 2.19. The molecule has 3 rings (SSSR count). The van der Waals surface area contributed by atoms with Crippen molar-refractivity contribution in [1.29, 1.82) is 0 Å². The summed E-state index contributed by atoms with van der Waals surface area (Å²) in [5, 5.41) is 2.75. The van der Waals surface area contributed by atoms with Crippen LogP contribution in [0.1, 0.15) is 32.6 Å². The Hall–Kier alpha value is -2.93. The molecule has 0 spiro atoms. The summed E-state index contributed by atoms with van der Waals surface area (Å²) >= 11 is 1.53. The smallest absolute Gasteiger partial charge is 0.338 e. The molecule has 25 heavy (non-hydrogen) atoms. The number of amides is 1. The second-order valence-corrected chi connectivity index (χ2v) is 6.48. The number of hydrogen-bond donors (Lipinski definition) is 1. The van der Waals surface area contributed by atoms with Crippen molar-refractivity contribution in [2.45, 2.75) is 13.8 Å². The normalized spacial score (nSPS) is 10.5. The molecule has 0 saturated heterocycles. The number of aromatic nitrogens is 1. The van der Waals surface area contributed by atoms with E-state index in [0.717, 1.165) is 9.75 Å². The fourth-order valence-corrected chi connectivity index (χ4v) is 3.09. The van der Waals surface area contributed by atoms with Gasteiger partial charge >= 0.3 is 5.97 Å². The van der Waals surface area contributed by atoms with E-state index in [1.54, 1.807) is 31.2 Å². The lowest BCUT2D eigenvalue weighted by Gasteiger charge is -2.06. The number of benzene rings is 1. The van der Waals surface area contributed by atoms with Crippen molar-refractivity contribution in [1.82, 2.24) is 4.98 Å². The number of ether oxygens (including phenoxy) is 1. The molecule has 0 atom stereocenters. The summed E-state index contributed by atoms with van der Waals surface area (Å²) in [5.41, 5.74) is 1.20. The van der Waals surface area contributed by atoms with Crippen molar-refractivity contribution in [3.63, 3.8) is 0 Å². The maximum absolute atomic E-state index is 12.5. The maximum Gasteiger partial charge on any atom is 0.338 e. The van der Waals surface area contributed by atoms with Gasteiger partial charge in [0.1, 0.15) is 0 Å². The molecule has 1 N–H and O–H groups in total. The fraction of sp³-hybridized carbons (Fsp3) is 0.167. The fourth-order valence-electron chi connectivity index (χ4n) is 2.23. The summed E-state index contributed by atoms with van der Waals surface area (Å²) < 4.78 is 10.3. The second-order valence-electron chi connectivity index (χ2n) is 5.19. The van der Waals surface area contributed by atoms with Crippen LogP contribution in [0.5, 0.6) is 0 Å². The van der Waals surface area contributed by atoms with E-state index in [1.165, 1.54) is 17.7 Å². The molecule has 1 amide bonds. The van der Waals surface area contributed by atoms with Gasteiger partial charge in [0, 0.05) is 10.6 Å². The molecule has 6 nitrogen and oxygen atoms in total. The van der Waals surface area contributed by atoms with Crippen LogP contribution in [0.15, 0.2) is 47.2 Å². The Bertz CT molecular complexity index is 896. The van der Waals surface area contributed by atoms with E-state index in [4.69, 9.17) is 9.15 Å². The highest BCUT2D eigenvalue weighted by atomic mass is 32.1. The summed E-state index contributed by atoms with van der Waals surface area (Å²) in [6.07, 6.45) is 1.25. The first kappa shape index (κ1) is 16.9. The molecule has 128 valence electrons. The first-order valence-corrected chi connectivity index (χ1v) is 8.49. The van der Waals surface area contributed by atoms with E-state index in [1.807, 2.05) is 19.1 Å². The molecule has 0 fully saturated rings. The molecule has 1 aromatic carbocycles. The Morgan fingerprint density at radius 3 is 2.60 bits per heavy atom. The Labute approximate surface area is 148 Å². The van der Waals surface area contributed by atoms with Crippen molar-refractivity contribution in [3.8, 4) is 10.6 Å². The maximum atomic E-state index is 12.5. The SMILES string of the molecule is CCOC(=O)c1ccc(NC(=O)c2ncoc2-c2ccc(C)s2)cc1. The first-order valence-electron chi connectivity index (χ1n) is 7.67. The van der Waals surface area contributed by atoms with Gasteiger partial charge in [0.05, 0.1) is 17.0 Å². The lowest BCUT2D eigenvalue weighted by Crippen LogP contribution is -2.13. The highest BCUT2D eigenvalue weighted by molar-refractivity contribution is 7.15. The number of thiophene rings is 1. The third-order valence-corrected chi connectivity index (χ3v) is 4.40. The van der Waals surface area contributed by atoms with Gasteiger partial charge in [-0.15, -0.1) is 11.3 Å². The molecule has 0 aliphatic carbocycles. The Kier molecular flexibility index (Phi) is 4.95. The summed E-state index contributed by atoms with van der Waals surface area (Å²) in [7, 11) is 0. The van der Waals surface area contributed by atoms with Gasteiger partial charge in [-0.25, -0.2) is 9.78 Å². The molecule has 0 radical (unpaired) electrons. The highest BCUT2D eigenvalue weighted by Crippen LogP contribution is 2.30. The molecule has 0 aliphatic heterocycles. The van der Waals surface area contributed by atoms with Crippen molar-refractivity contribution in [3.05, 3.63) is 58.9 Å². The molecular formula is C18H16N2O4S. The summed E-state index contributed by atoms with van der Waals surface area (Å²) in [4.78, 5) is 30.1. The van der Waals surface area contributed by atoms with E-state index in [-0.39, 0.29) is 11.6 Å². The first-order chi connectivity index (χ1) is 12.1. The summed E-state index contributed by atoms with van der Waals surface area (Å²) in [5.74, 6) is -0.329. The molecule has 0 aliphatic rings. The molecular weight excluding hydrogens is 340 g/mol. The monoisotopic (exact) mass is 356 g/mol. The number of carbonyl (C=O) groups excluding carboxylic acids is 2. The number of nitrogens with zero attached hydrogens (tertiary/aromatic N) is 1. The van der Waals surface area contributed by atoms with Gasteiger partial charge < -0.3 is 14.5 Å². The van der Waals surface area contributed by atoms with E-state index < -0.39 is 5.97 Å². The third kappa shape index (κ3) is 3.77. The largest absolute Gasteiger partial charge is 0.462 e. The van der Waals surface area contributed by atoms with Crippen LogP contribution < -0.4 is 5.32 Å². The van der Waals surface area contributed by atoms with Crippen LogP contribution in [0.3, 0.4) is 0 Å². The molecule has 0 saturated carbocycles. The summed E-state index contributed by atoms with van der Waals surface area (Å²) in [6, 6.07) is 10.3. The van der Waals surface area contributed by atoms with Gasteiger partial charge in [-0.1, -0.05) is 0 Å². The predicted molar refractivity (Wildman–Crippen MR) is 94.9 cm³/mol. The van der Waals surface area contributed by atoms with Crippen molar-refractivity contribution in [2.75, 3.05) is 11.9 Å². The van der Waals surface area contributed by atoms with Gasteiger partial charge in [0.15, 0.2) is 17.8 Å². The van der Waals surface area contributed by atoms with Crippen LogP contribution >= 0.6 is 11.3 Å². The number of nitrogens with one attached hydrogen (secondary N) is 1. The van der Waals surface area contributed by atoms with Crippen LogP contribution in [-0.2, 0) is 4.74 Å². The number of esters is 1. The molecule has 2 aromatic heterocycles. The van der Waals surface area contributed by atoms with Crippen molar-refractivity contribution < 1.29 is 18.7 Å². The minimum atomic E-state index is -0.396. The zero-order chi connectivity index (χ0) is 17.8. The number of aryl methyl sites for hydroxylation is 1. The molecule has 3 aromatic rings. The third-order valence-electron chi connectivity index (χ3n) is 3.40. The number of carbonyl (C=O) groups is 2. The average Bonchev–Trinajstić information content (AvgIpc) is 3.24. The van der Waals surface area contributed by atoms with E-state index in [2.05, 4.69) is 10.3 Å². The molecule has 0 bridgehead atoms. The quantitative estimate of drug-likeness (QED) is 0.695. The van der Waals surface area contributed by atoms with Gasteiger partial charge in [0.25, 0.3) is 5.91 Å². The van der Waals surface area contributed by atoms with Crippen molar-refractivity contribution in [2.24, 2.45) is 0 Å². The van der Waals surface area contributed by atoms with Gasteiger partial charge in [-0.2, -0.15) is 0 Å². The van der Waals surface area contributed by atoms with Gasteiger partial charge in [0.2, 0.25) is 0 Å². The van der Waals surface area contributed by atoms with E-state index >= 15 is 0 Å².